The molecule has 0 atom stereocenters. The van der Waals surface area contributed by atoms with Gasteiger partial charge < -0.3 is 9.64 Å². The lowest BCUT2D eigenvalue weighted by Crippen LogP contribution is -2.31. The lowest BCUT2D eigenvalue weighted by Gasteiger charge is -2.23. The van der Waals surface area contributed by atoms with Gasteiger partial charge in [-0.15, -0.1) is 0 Å². The maximum Gasteiger partial charge on any atom is 0.278 e. The number of halogens is 1. The highest BCUT2D eigenvalue weighted by atomic mass is 35.5. The topological polar surface area (TPSA) is 55.3 Å². The van der Waals surface area contributed by atoms with Crippen LogP contribution in [0.25, 0.3) is 0 Å². The number of methoxy groups -OCH3 is 1. The van der Waals surface area contributed by atoms with E-state index in [0.29, 0.717) is 23.2 Å². The molecule has 0 fully saturated rings. The van der Waals surface area contributed by atoms with Crippen molar-refractivity contribution >= 4 is 35.0 Å². The summed E-state index contributed by atoms with van der Waals surface area (Å²) in [5.74, 6) is 1.12. The minimum absolute atomic E-state index is 0.176. The van der Waals surface area contributed by atoms with Crippen molar-refractivity contribution in [3.05, 3.63) is 112 Å². The molecule has 0 saturated carbocycles. The number of amides is 1. The molecule has 0 aliphatic carbocycles. The molecule has 1 aromatic heterocycles. The zero-order valence-corrected chi connectivity index (χ0v) is 20.5. The molecule has 172 valence electrons. The molecule has 4 aromatic rings. The van der Waals surface area contributed by atoms with E-state index < -0.39 is 0 Å². The number of rotatable bonds is 8. The first-order valence-corrected chi connectivity index (χ1v) is 12.1. The molecule has 5 nitrogen and oxygen atoms in total. The number of nitrogens with zero attached hydrogens (tertiary/aromatic N) is 3. The van der Waals surface area contributed by atoms with Gasteiger partial charge in [-0.25, -0.2) is 9.97 Å². The molecule has 0 bridgehead atoms. The number of thioether (sulfide) groups is 1. The van der Waals surface area contributed by atoms with Crippen LogP contribution in [0.2, 0.25) is 5.02 Å². The third-order valence-corrected chi connectivity index (χ3v) is 6.40. The average Bonchev–Trinajstić information content (AvgIpc) is 2.87. The lowest BCUT2D eigenvalue weighted by molar-refractivity contribution is 0.0979. The van der Waals surface area contributed by atoms with Gasteiger partial charge in [-0.2, -0.15) is 0 Å². The van der Waals surface area contributed by atoms with E-state index in [-0.39, 0.29) is 16.6 Å². The van der Waals surface area contributed by atoms with Crippen LogP contribution in [0.4, 0.5) is 5.69 Å². The van der Waals surface area contributed by atoms with Crippen LogP contribution in [0.15, 0.2) is 90.2 Å². The number of benzene rings is 3. The Morgan fingerprint density at radius 1 is 1.00 bits per heavy atom. The van der Waals surface area contributed by atoms with Crippen molar-refractivity contribution in [3.8, 4) is 5.75 Å². The second-order valence-corrected chi connectivity index (χ2v) is 9.05. The Morgan fingerprint density at radius 3 is 2.44 bits per heavy atom. The van der Waals surface area contributed by atoms with Crippen molar-refractivity contribution < 1.29 is 9.53 Å². The highest BCUT2D eigenvalue weighted by Gasteiger charge is 2.23. The number of aryl methyl sites for hydroxylation is 1. The Hall–Kier alpha value is -3.35. The zero-order chi connectivity index (χ0) is 23.9. The molecule has 0 aliphatic rings. The maximum atomic E-state index is 13.7. The first kappa shape index (κ1) is 23.8. The molecule has 0 radical (unpaired) electrons. The molecular formula is C27H24ClN3O2S. The Kier molecular flexibility index (Phi) is 7.83. The van der Waals surface area contributed by atoms with Crippen molar-refractivity contribution in [3.63, 3.8) is 0 Å². The normalized spacial score (nSPS) is 10.7. The van der Waals surface area contributed by atoms with Crippen LogP contribution in [0, 0.1) is 6.92 Å². The monoisotopic (exact) mass is 489 g/mol. The Bertz CT molecular complexity index is 1270. The molecular weight excluding hydrogens is 466 g/mol. The van der Waals surface area contributed by atoms with Crippen LogP contribution in [0.1, 0.15) is 27.2 Å². The van der Waals surface area contributed by atoms with Crippen molar-refractivity contribution in [2.45, 2.75) is 24.4 Å². The SMILES string of the molecule is COc1ccc(N(Cc2ccccc2)C(=O)c2nc(SCc3cccc(C)c3)ncc2Cl)cc1. The minimum atomic E-state index is -0.293. The van der Waals surface area contributed by atoms with Gasteiger partial charge in [0.05, 0.1) is 24.9 Å². The number of hydrogen-bond acceptors (Lipinski definition) is 5. The van der Waals surface area contributed by atoms with Gasteiger partial charge in [0, 0.05) is 11.4 Å². The molecule has 0 unspecified atom stereocenters. The summed E-state index contributed by atoms with van der Waals surface area (Å²) in [5, 5.41) is 0.722. The van der Waals surface area contributed by atoms with Gasteiger partial charge in [0.2, 0.25) is 0 Å². The molecule has 0 N–H and O–H groups in total. The third kappa shape index (κ3) is 5.95. The fraction of sp³-hybridized carbons (Fsp3) is 0.148. The smallest absolute Gasteiger partial charge is 0.278 e. The van der Waals surface area contributed by atoms with Gasteiger partial charge in [0.1, 0.15) is 5.75 Å². The standard InChI is InChI=1S/C27H24ClN3O2S/c1-19-7-6-10-21(15-19)18-34-27-29-16-24(28)25(30-27)26(32)31(17-20-8-4-3-5-9-20)22-11-13-23(33-2)14-12-22/h3-16H,17-18H2,1-2H3. The number of anilines is 1. The van der Waals surface area contributed by atoms with Gasteiger partial charge in [0.15, 0.2) is 10.9 Å². The van der Waals surface area contributed by atoms with E-state index >= 15 is 0 Å². The number of ether oxygens (including phenoxy) is 1. The highest BCUT2D eigenvalue weighted by Crippen LogP contribution is 2.27. The summed E-state index contributed by atoms with van der Waals surface area (Å²) in [6, 6.07) is 25.4. The Morgan fingerprint density at radius 2 is 1.74 bits per heavy atom. The lowest BCUT2D eigenvalue weighted by atomic mass is 10.1. The van der Waals surface area contributed by atoms with E-state index in [2.05, 4.69) is 35.1 Å². The summed E-state index contributed by atoms with van der Waals surface area (Å²) < 4.78 is 5.27. The van der Waals surface area contributed by atoms with E-state index in [1.165, 1.54) is 29.1 Å². The quantitative estimate of drug-likeness (QED) is 0.206. The third-order valence-electron chi connectivity index (χ3n) is 5.19. The Balaban J connectivity index is 1.62. The molecule has 7 heteroatoms. The van der Waals surface area contributed by atoms with Gasteiger partial charge in [-0.05, 0) is 42.3 Å². The number of carbonyl (C=O) groups excluding carboxylic acids is 1. The largest absolute Gasteiger partial charge is 0.497 e. The predicted molar refractivity (Wildman–Crippen MR) is 138 cm³/mol. The minimum Gasteiger partial charge on any atom is -0.497 e. The summed E-state index contributed by atoms with van der Waals surface area (Å²) in [5.41, 5.74) is 4.25. The number of carbonyl (C=O) groups is 1. The van der Waals surface area contributed by atoms with Crippen LogP contribution >= 0.6 is 23.4 Å². The highest BCUT2D eigenvalue weighted by molar-refractivity contribution is 7.98. The van der Waals surface area contributed by atoms with Crippen molar-refractivity contribution in [2.75, 3.05) is 12.0 Å². The molecule has 4 rings (SSSR count). The Labute approximate surface area is 208 Å². The molecule has 1 heterocycles. The molecule has 0 aliphatic heterocycles. The number of hydrogen-bond donors (Lipinski definition) is 0. The zero-order valence-electron chi connectivity index (χ0n) is 18.9. The van der Waals surface area contributed by atoms with E-state index in [1.54, 1.807) is 12.0 Å². The van der Waals surface area contributed by atoms with Crippen LogP contribution < -0.4 is 9.64 Å². The molecule has 0 saturated heterocycles. The van der Waals surface area contributed by atoms with Crippen molar-refractivity contribution in [2.24, 2.45) is 0 Å². The summed E-state index contributed by atoms with van der Waals surface area (Å²) in [6.07, 6.45) is 1.50. The van der Waals surface area contributed by atoms with E-state index in [9.17, 15) is 4.79 Å². The van der Waals surface area contributed by atoms with Gasteiger partial charge >= 0.3 is 0 Å². The van der Waals surface area contributed by atoms with E-state index in [1.807, 2.05) is 60.7 Å². The fourth-order valence-corrected chi connectivity index (χ4v) is 4.39. The van der Waals surface area contributed by atoms with Gasteiger partial charge in [-0.1, -0.05) is 83.5 Å². The average molecular weight is 490 g/mol. The molecule has 0 spiro atoms. The van der Waals surface area contributed by atoms with Gasteiger partial charge in [-0.3, -0.25) is 4.79 Å². The van der Waals surface area contributed by atoms with E-state index in [4.69, 9.17) is 16.3 Å². The van der Waals surface area contributed by atoms with Crippen LogP contribution in [-0.4, -0.2) is 23.0 Å². The summed E-state index contributed by atoms with van der Waals surface area (Å²) in [4.78, 5) is 24.2. The maximum absolute atomic E-state index is 13.7. The second-order valence-electron chi connectivity index (χ2n) is 7.70. The predicted octanol–water partition coefficient (Wildman–Crippen LogP) is 6.59. The number of aromatic nitrogens is 2. The van der Waals surface area contributed by atoms with Crippen molar-refractivity contribution in [1.29, 1.82) is 0 Å². The molecule has 34 heavy (non-hydrogen) atoms. The molecule has 1 amide bonds. The van der Waals surface area contributed by atoms with Crippen molar-refractivity contribution in [1.82, 2.24) is 9.97 Å². The molecule has 3 aromatic carbocycles. The summed E-state index contributed by atoms with van der Waals surface area (Å²) in [7, 11) is 1.61. The van der Waals surface area contributed by atoms with E-state index in [0.717, 1.165) is 11.3 Å². The second kappa shape index (κ2) is 11.2. The summed E-state index contributed by atoms with van der Waals surface area (Å²) in [6.45, 7) is 2.43. The first-order valence-electron chi connectivity index (χ1n) is 10.7. The van der Waals surface area contributed by atoms with Crippen LogP contribution in [0.3, 0.4) is 0 Å². The summed E-state index contributed by atoms with van der Waals surface area (Å²) >= 11 is 7.88. The fourth-order valence-electron chi connectivity index (χ4n) is 3.46. The first-order chi connectivity index (χ1) is 16.5. The van der Waals surface area contributed by atoms with Gasteiger partial charge in [0.25, 0.3) is 5.91 Å². The van der Waals surface area contributed by atoms with Crippen LogP contribution in [0.5, 0.6) is 5.75 Å². The van der Waals surface area contributed by atoms with Crippen LogP contribution in [-0.2, 0) is 12.3 Å².